The van der Waals surface area contributed by atoms with Crippen LogP contribution >= 0.6 is 0 Å². The van der Waals surface area contributed by atoms with E-state index in [0.717, 1.165) is 6.08 Å². The molecular weight excluding hydrogens is 223 g/mol. The Morgan fingerprint density at radius 3 is 2.40 bits per heavy atom. The predicted molar refractivity (Wildman–Crippen MR) is 53.5 cm³/mol. The minimum atomic E-state index is -4.61. The highest BCUT2D eigenvalue weighted by molar-refractivity contribution is 7.86. The lowest BCUT2D eigenvalue weighted by atomic mass is 9.98. The molecule has 0 aliphatic carbocycles. The number of Topliss-reactive ketones (excluding diaryl/α,β-unsaturated/α-hetero) is 1. The van der Waals surface area contributed by atoms with Gasteiger partial charge in [-0.25, -0.2) is 0 Å². The van der Waals surface area contributed by atoms with Crippen molar-refractivity contribution in [3.05, 3.63) is 12.7 Å². The molecule has 1 unspecified atom stereocenters. The molecule has 0 heterocycles. The van der Waals surface area contributed by atoms with Crippen molar-refractivity contribution in [3.63, 3.8) is 0 Å². The van der Waals surface area contributed by atoms with Gasteiger partial charge >= 0.3 is 10.2 Å². The Labute approximate surface area is 88.4 Å². The van der Waals surface area contributed by atoms with Crippen LogP contribution < -0.4 is 0 Å². The summed E-state index contributed by atoms with van der Waals surface area (Å²) < 4.78 is 32.3. The summed E-state index contributed by atoms with van der Waals surface area (Å²) in [6.45, 7) is 4.74. The molecule has 0 saturated heterocycles. The van der Waals surface area contributed by atoms with Crippen molar-refractivity contribution in [2.75, 3.05) is 5.75 Å². The van der Waals surface area contributed by atoms with Crippen molar-refractivity contribution in [3.8, 4) is 0 Å². The van der Waals surface area contributed by atoms with Crippen molar-refractivity contribution in [2.45, 2.75) is 19.8 Å². The van der Waals surface area contributed by atoms with E-state index >= 15 is 0 Å². The van der Waals surface area contributed by atoms with Crippen molar-refractivity contribution >= 4 is 21.8 Å². The molecule has 0 amide bonds. The Hall–Kier alpha value is -1.04. The fourth-order valence-electron chi connectivity index (χ4n) is 0.968. The smallest absolute Gasteiger partial charge is 0.299 e. The molecule has 0 aliphatic heterocycles. The second kappa shape index (κ2) is 5.75. The summed E-state index contributed by atoms with van der Waals surface area (Å²) in [6, 6.07) is 0. The summed E-state index contributed by atoms with van der Waals surface area (Å²) in [5.74, 6) is -2.15. The molecule has 0 bridgehead atoms. The maximum absolute atomic E-state index is 12.1. The van der Waals surface area contributed by atoms with Crippen LogP contribution in [0.15, 0.2) is 12.7 Å². The quantitative estimate of drug-likeness (QED) is 0.489. The number of hydrogen-bond donors (Lipinski definition) is 0. The fourth-order valence-corrected chi connectivity index (χ4v) is 1.41. The lowest BCUT2D eigenvalue weighted by Gasteiger charge is -2.06. The normalized spacial score (nSPS) is 13.2. The zero-order valence-corrected chi connectivity index (χ0v) is 9.22. The molecule has 0 aliphatic rings. The van der Waals surface area contributed by atoms with Crippen LogP contribution in [0.5, 0.6) is 0 Å². The van der Waals surface area contributed by atoms with E-state index in [9.17, 15) is 21.9 Å². The van der Waals surface area contributed by atoms with Gasteiger partial charge in [-0.05, 0) is 6.08 Å². The van der Waals surface area contributed by atoms with Crippen LogP contribution in [0.25, 0.3) is 0 Å². The predicted octanol–water partition coefficient (Wildman–Crippen LogP) is 1.03. The Kier molecular flexibility index (Phi) is 5.35. The second-order valence-corrected chi connectivity index (χ2v) is 4.72. The molecule has 0 aromatic heterocycles. The van der Waals surface area contributed by atoms with E-state index in [4.69, 9.17) is 0 Å². The van der Waals surface area contributed by atoms with Gasteiger partial charge in [-0.15, -0.1) is 3.89 Å². The molecule has 0 aromatic carbocycles. The number of halogens is 1. The first-order valence-electron chi connectivity index (χ1n) is 4.36. The van der Waals surface area contributed by atoms with E-state index < -0.39 is 34.1 Å². The van der Waals surface area contributed by atoms with Gasteiger partial charge in [0.05, 0.1) is 5.75 Å². The lowest BCUT2D eigenvalue weighted by Crippen LogP contribution is -2.17. The van der Waals surface area contributed by atoms with E-state index in [1.807, 2.05) is 0 Å². The molecule has 0 N–H and O–H groups in total. The summed E-state index contributed by atoms with van der Waals surface area (Å²) in [5, 5.41) is 0. The van der Waals surface area contributed by atoms with Crippen molar-refractivity contribution in [1.29, 1.82) is 0 Å². The van der Waals surface area contributed by atoms with Crippen LogP contribution in [0.1, 0.15) is 19.8 Å². The molecule has 1 atom stereocenters. The van der Waals surface area contributed by atoms with Crippen LogP contribution in [0, 0.1) is 5.92 Å². The average Bonchev–Trinajstić information content (AvgIpc) is 2.12. The zero-order valence-electron chi connectivity index (χ0n) is 8.40. The SMILES string of the molecule is C=CC(=O)CC(C)C(=O)CCS(=O)(=O)F. The second-order valence-electron chi connectivity index (χ2n) is 3.23. The van der Waals surface area contributed by atoms with Crippen molar-refractivity contribution in [1.82, 2.24) is 0 Å². The molecule has 0 radical (unpaired) electrons. The first-order valence-corrected chi connectivity index (χ1v) is 5.92. The third-order valence-electron chi connectivity index (χ3n) is 1.88. The van der Waals surface area contributed by atoms with Gasteiger partial charge in [-0.1, -0.05) is 13.5 Å². The summed E-state index contributed by atoms with van der Waals surface area (Å²) in [7, 11) is -4.61. The van der Waals surface area contributed by atoms with Crippen LogP contribution in [0.3, 0.4) is 0 Å². The summed E-state index contributed by atoms with van der Waals surface area (Å²) in [4.78, 5) is 22.1. The van der Waals surface area contributed by atoms with E-state index in [-0.39, 0.29) is 12.2 Å². The van der Waals surface area contributed by atoms with E-state index in [2.05, 4.69) is 6.58 Å². The number of carbonyl (C=O) groups is 2. The summed E-state index contributed by atoms with van der Waals surface area (Å²) >= 11 is 0. The Balaban J connectivity index is 4.11. The first kappa shape index (κ1) is 14.0. The van der Waals surface area contributed by atoms with Crippen LogP contribution in [-0.2, 0) is 19.8 Å². The number of carbonyl (C=O) groups excluding carboxylic acids is 2. The Bertz CT molecular complexity index is 358. The fraction of sp³-hybridized carbons (Fsp3) is 0.556. The third kappa shape index (κ3) is 6.96. The van der Waals surface area contributed by atoms with E-state index in [1.54, 1.807) is 0 Å². The standard InChI is InChI=1S/C9H13FO4S/c1-3-8(11)6-7(2)9(12)4-5-15(10,13)14/h3,7H,1,4-6H2,2H3. The van der Waals surface area contributed by atoms with Gasteiger partial charge in [-0.2, -0.15) is 8.42 Å². The highest BCUT2D eigenvalue weighted by Crippen LogP contribution is 2.08. The molecule has 0 saturated carbocycles. The van der Waals surface area contributed by atoms with E-state index in [1.165, 1.54) is 6.92 Å². The minimum absolute atomic E-state index is 0.0192. The number of ketones is 2. The zero-order chi connectivity index (χ0) is 12.1. The minimum Gasteiger partial charge on any atom is -0.299 e. The molecule has 0 fully saturated rings. The van der Waals surface area contributed by atoms with Gasteiger partial charge in [-0.3, -0.25) is 9.59 Å². The largest absolute Gasteiger partial charge is 0.302 e. The number of allylic oxidation sites excluding steroid dienone is 1. The van der Waals surface area contributed by atoms with Gasteiger partial charge < -0.3 is 0 Å². The maximum atomic E-state index is 12.1. The monoisotopic (exact) mass is 236 g/mol. The van der Waals surface area contributed by atoms with Gasteiger partial charge in [0.15, 0.2) is 5.78 Å². The first-order chi connectivity index (χ1) is 6.76. The summed E-state index contributed by atoms with van der Waals surface area (Å²) in [6.07, 6.45) is 0.675. The van der Waals surface area contributed by atoms with Crippen LogP contribution in [-0.4, -0.2) is 25.7 Å². The van der Waals surface area contributed by atoms with Crippen molar-refractivity contribution < 1.29 is 21.9 Å². The molecule has 86 valence electrons. The number of hydrogen-bond acceptors (Lipinski definition) is 4. The topological polar surface area (TPSA) is 68.3 Å². The van der Waals surface area contributed by atoms with Gasteiger partial charge in [0.25, 0.3) is 0 Å². The Morgan fingerprint density at radius 2 is 2.00 bits per heavy atom. The highest BCUT2D eigenvalue weighted by Gasteiger charge is 2.18. The third-order valence-corrected chi connectivity index (χ3v) is 2.57. The molecule has 0 spiro atoms. The van der Waals surface area contributed by atoms with E-state index in [0.29, 0.717) is 0 Å². The highest BCUT2D eigenvalue weighted by atomic mass is 32.3. The molecule has 6 heteroatoms. The lowest BCUT2D eigenvalue weighted by molar-refractivity contribution is -0.125. The van der Waals surface area contributed by atoms with Gasteiger partial charge in [0, 0.05) is 18.8 Å². The van der Waals surface area contributed by atoms with Crippen molar-refractivity contribution in [2.24, 2.45) is 5.92 Å². The van der Waals surface area contributed by atoms with Gasteiger partial charge in [0.1, 0.15) is 5.78 Å². The Morgan fingerprint density at radius 1 is 1.47 bits per heavy atom. The van der Waals surface area contributed by atoms with Gasteiger partial charge in [0.2, 0.25) is 0 Å². The average molecular weight is 236 g/mol. The molecule has 15 heavy (non-hydrogen) atoms. The number of rotatable bonds is 7. The maximum Gasteiger partial charge on any atom is 0.302 e. The summed E-state index contributed by atoms with van der Waals surface area (Å²) in [5.41, 5.74) is 0. The molecule has 0 rings (SSSR count). The van der Waals surface area contributed by atoms with Crippen LogP contribution in [0.4, 0.5) is 3.89 Å². The molecule has 0 aromatic rings. The van der Waals surface area contributed by atoms with Crippen LogP contribution in [0.2, 0.25) is 0 Å². The molecule has 4 nitrogen and oxygen atoms in total. The molecular formula is C9H13FO4S.